The quantitative estimate of drug-likeness (QED) is 0.504. The van der Waals surface area contributed by atoms with Gasteiger partial charge in [0.15, 0.2) is 5.82 Å². The molecule has 176 valence electrons. The largest absolute Gasteiger partial charge is 0.478 e. The van der Waals surface area contributed by atoms with Crippen molar-refractivity contribution in [3.8, 4) is 11.4 Å². The molecule has 0 bridgehead atoms. The Hall–Kier alpha value is -3.98. The van der Waals surface area contributed by atoms with Gasteiger partial charge in [-0.2, -0.15) is 0 Å². The second-order valence-corrected chi connectivity index (χ2v) is 7.93. The number of morpholine rings is 1. The lowest BCUT2D eigenvalue weighted by Gasteiger charge is -2.29. The van der Waals surface area contributed by atoms with Crippen LogP contribution in [0.1, 0.15) is 28.5 Å². The predicted octanol–water partition coefficient (Wildman–Crippen LogP) is 4.19. The van der Waals surface area contributed by atoms with Crippen LogP contribution in [0.25, 0.3) is 11.4 Å². The van der Waals surface area contributed by atoms with Crippen molar-refractivity contribution < 1.29 is 19.4 Å². The van der Waals surface area contributed by atoms with Crippen LogP contribution < -0.4 is 15.5 Å². The number of carboxylic acid groups (broad SMARTS) is 1. The molecule has 3 N–H and O–H groups in total. The van der Waals surface area contributed by atoms with E-state index in [0.29, 0.717) is 30.4 Å². The van der Waals surface area contributed by atoms with E-state index in [1.165, 1.54) is 24.3 Å². The summed E-state index contributed by atoms with van der Waals surface area (Å²) in [6.07, 6.45) is 0.811. The number of benzene rings is 2. The smallest absolute Gasteiger partial charge is 0.335 e. The van der Waals surface area contributed by atoms with E-state index in [1.807, 2.05) is 12.1 Å². The van der Waals surface area contributed by atoms with Crippen molar-refractivity contribution in [1.29, 1.82) is 0 Å². The number of hydrogen-bond acceptors (Lipinski definition) is 6. The van der Waals surface area contributed by atoms with Gasteiger partial charge in [0.25, 0.3) is 0 Å². The van der Waals surface area contributed by atoms with Crippen molar-refractivity contribution in [2.75, 3.05) is 41.8 Å². The number of carbonyl (C=O) groups is 2. The first-order chi connectivity index (χ1) is 16.4. The molecule has 2 aromatic carbocycles. The number of nitrogens with one attached hydrogen (secondary N) is 2. The molecule has 4 rings (SSSR count). The Morgan fingerprint density at radius 1 is 0.971 bits per heavy atom. The average molecular weight is 462 g/mol. The molecule has 34 heavy (non-hydrogen) atoms. The Balaban J connectivity index is 1.47. The van der Waals surface area contributed by atoms with Gasteiger partial charge in [-0.15, -0.1) is 0 Å². The van der Waals surface area contributed by atoms with Crippen LogP contribution in [0.3, 0.4) is 0 Å². The third-order valence-corrected chi connectivity index (χ3v) is 5.66. The van der Waals surface area contributed by atoms with Crippen molar-refractivity contribution in [3.63, 3.8) is 0 Å². The second-order valence-electron chi connectivity index (χ2n) is 7.93. The van der Waals surface area contributed by atoms with Crippen LogP contribution in [-0.2, 0) is 11.2 Å². The van der Waals surface area contributed by atoms with Crippen LogP contribution >= 0.6 is 0 Å². The highest BCUT2D eigenvalue weighted by molar-refractivity contribution is 6.00. The summed E-state index contributed by atoms with van der Waals surface area (Å²) in [5.74, 6) is 0.580. The Morgan fingerprint density at radius 2 is 1.56 bits per heavy atom. The molecule has 1 saturated heterocycles. The van der Waals surface area contributed by atoms with Gasteiger partial charge in [0.1, 0.15) is 5.82 Å². The highest BCUT2D eigenvalue weighted by atomic mass is 16.5. The van der Waals surface area contributed by atoms with Gasteiger partial charge in [-0.25, -0.2) is 19.6 Å². The maximum absolute atomic E-state index is 12.3. The SMILES string of the molecule is CCc1nc(-c2ccc(NC(=O)Nc3ccc(C(=O)O)cc3)cc2)nc(N2CCOCC2)c1C. The van der Waals surface area contributed by atoms with Crippen LogP contribution in [0.2, 0.25) is 0 Å². The summed E-state index contributed by atoms with van der Waals surface area (Å²) >= 11 is 0. The zero-order valence-electron chi connectivity index (χ0n) is 19.2. The fourth-order valence-electron chi connectivity index (χ4n) is 3.80. The summed E-state index contributed by atoms with van der Waals surface area (Å²) in [6, 6.07) is 12.9. The molecule has 9 heteroatoms. The molecule has 0 saturated carbocycles. The molecule has 1 aliphatic rings. The zero-order valence-corrected chi connectivity index (χ0v) is 19.2. The van der Waals surface area contributed by atoms with E-state index in [0.717, 1.165) is 42.1 Å². The van der Waals surface area contributed by atoms with Gasteiger partial charge in [-0.1, -0.05) is 6.92 Å². The van der Waals surface area contributed by atoms with Gasteiger partial charge in [0.2, 0.25) is 0 Å². The van der Waals surface area contributed by atoms with E-state index in [9.17, 15) is 9.59 Å². The first-order valence-electron chi connectivity index (χ1n) is 11.2. The predicted molar refractivity (Wildman–Crippen MR) is 131 cm³/mol. The minimum atomic E-state index is -1.02. The van der Waals surface area contributed by atoms with Gasteiger partial charge in [-0.3, -0.25) is 0 Å². The minimum absolute atomic E-state index is 0.155. The molecule has 3 aromatic rings. The molecular formula is C25H27N5O4. The lowest BCUT2D eigenvalue weighted by molar-refractivity contribution is 0.0697. The van der Waals surface area contributed by atoms with Crippen LogP contribution in [0, 0.1) is 6.92 Å². The Kier molecular flexibility index (Phi) is 7.03. The highest BCUT2D eigenvalue weighted by Crippen LogP contribution is 2.26. The van der Waals surface area contributed by atoms with Crippen LogP contribution in [0.15, 0.2) is 48.5 Å². The number of amides is 2. The fraction of sp³-hybridized carbons (Fsp3) is 0.280. The third kappa shape index (κ3) is 5.32. The standard InChI is InChI=1S/C25H27N5O4/c1-3-21-16(2)23(30-12-14-34-15-13-30)29-22(28-21)17-4-8-19(9-5-17)26-25(33)27-20-10-6-18(7-11-20)24(31)32/h4-11H,3,12-15H2,1-2H3,(H,31,32)(H2,26,27,33). The van der Waals surface area contributed by atoms with Gasteiger partial charge in [0, 0.05) is 41.3 Å². The molecule has 1 aliphatic heterocycles. The molecule has 0 spiro atoms. The number of anilines is 3. The van der Waals surface area contributed by atoms with Gasteiger partial charge >= 0.3 is 12.0 Å². The lowest BCUT2D eigenvalue weighted by atomic mass is 10.1. The number of urea groups is 1. The maximum atomic E-state index is 12.3. The Labute approximate surface area is 197 Å². The molecule has 1 aromatic heterocycles. The first-order valence-corrected chi connectivity index (χ1v) is 11.2. The van der Waals surface area contributed by atoms with Gasteiger partial charge < -0.3 is 25.4 Å². The molecule has 1 fully saturated rings. The van der Waals surface area contributed by atoms with Gasteiger partial charge in [0.05, 0.1) is 18.8 Å². The number of nitrogens with zero attached hydrogens (tertiary/aromatic N) is 3. The van der Waals surface area contributed by atoms with E-state index < -0.39 is 12.0 Å². The number of ether oxygens (including phenoxy) is 1. The molecule has 2 amide bonds. The topological polar surface area (TPSA) is 117 Å². The number of carboxylic acids is 1. The summed E-state index contributed by atoms with van der Waals surface area (Å²) in [5.41, 5.74) is 4.23. The molecule has 2 heterocycles. The normalized spacial score (nSPS) is 13.4. The maximum Gasteiger partial charge on any atom is 0.335 e. The molecule has 0 atom stereocenters. The summed E-state index contributed by atoms with van der Waals surface area (Å²) in [6.45, 7) is 7.13. The molecule has 0 aliphatic carbocycles. The number of carbonyl (C=O) groups excluding carboxylic acids is 1. The zero-order chi connectivity index (χ0) is 24.1. The second kappa shape index (κ2) is 10.3. The van der Waals surface area contributed by atoms with Crippen molar-refractivity contribution in [3.05, 3.63) is 65.4 Å². The third-order valence-electron chi connectivity index (χ3n) is 5.66. The van der Waals surface area contributed by atoms with E-state index >= 15 is 0 Å². The van der Waals surface area contributed by atoms with Crippen LogP contribution in [-0.4, -0.2) is 53.4 Å². The average Bonchev–Trinajstić information content (AvgIpc) is 2.85. The summed E-state index contributed by atoms with van der Waals surface area (Å²) in [4.78, 5) is 35.1. The number of hydrogen-bond donors (Lipinski definition) is 3. The van der Waals surface area contributed by atoms with Crippen LogP contribution in [0.5, 0.6) is 0 Å². The van der Waals surface area contributed by atoms with Crippen molar-refractivity contribution >= 4 is 29.2 Å². The summed E-state index contributed by atoms with van der Waals surface area (Å²) in [7, 11) is 0. The number of aryl methyl sites for hydroxylation is 1. The Morgan fingerprint density at radius 3 is 2.12 bits per heavy atom. The van der Waals surface area contributed by atoms with Crippen molar-refractivity contribution in [2.45, 2.75) is 20.3 Å². The monoisotopic (exact) mass is 461 g/mol. The molecular weight excluding hydrogens is 434 g/mol. The summed E-state index contributed by atoms with van der Waals surface area (Å²) < 4.78 is 5.48. The molecule has 0 unspecified atom stereocenters. The van der Waals surface area contributed by atoms with Gasteiger partial charge in [-0.05, 0) is 61.9 Å². The van der Waals surface area contributed by atoms with Crippen molar-refractivity contribution in [1.82, 2.24) is 9.97 Å². The lowest BCUT2D eigenvalue weighted by Crippen LogP contribution is -2.37. The highest BCUT2D eigenvalue weighted by Gasteiger charge is 2.19. The van der Waals surface area contributed by atoms with E-state index in [4.69, 9.17) is 19.8 Å². The molecule has 9 nitrogen and oxygen atoms in total. The van der Waals surface area contributed by atoms with Crippen molar-refractivity contribution in [2.24, 2.45) is 0 Å². The number of aromatic nitrogens is 2. The van der Waals surface area contributed by atoms with E-state index in [1.54, 1.807) is 12.1 Å². The fourth-order valence-corrected chi connectivity index (χ4v) is 3.80. The van der Waals surface area contributed by atoms with E-state index in [2.05, 4.69) is 29.4 Å². The number of aromatic carboxylic acids is 1. The first kappa shape index (κ1) is 23.2. The summed E-state index contributed by atoms with van der Waals surface area (Å²) in [5, 5.41) is 14.4. The number of rotatable bonds is 6. The Bertz CT molecular complexity index is 1170. The van der Waals surface area contributed by atoms with E-state index in [-0.39, 0.29) is 5.56 Å². The minimum Gasteiger partial charge on any atom is -0.478 e. The van der Waals surface area contributed by atoms with Crippen LogP contribution in [0.4, 0.5) is 22.0 Å². The molecule has 0 radical (unpaired) electrons.